The summed E-state index contributed by atoms with van der Waals surface area (Å²) in [6, 6.07) is 1.97. The van der Waals surface area contributed by atoms with Gasteiger partial charge in [-0.15, -0.1) is 0 Å². The van der Waals surface area contributed by atoms with Gasteiger partial charge in [-0.2, -0.15) is 5.10 Å². The highest BCUT2D eigenvalue weighted by Gasteiger charge is 2.13. The third-order valence-electron chi connectivity index (χ3n) is 3.24. The van der Waals surface area contributed by atoms with Crippen molar-refractivity contribution in [2.45, 2.75) is 34.1 Å². The Hall–Kier alpha value is -1.75. The van der Waals surface area contributed by atoms with Gasteiger partial charge in [0.15, 0.2) is 5.82 Å². The van der Waals surface area contributed by atoms with Crippen molar-refractivity contribution in [3.05, 3.63) is 34.5 Å². The minimum Gasteiger partial charge on any atom is -0.319 e. The molecular weight excluding hydrogens is 238 g/mol. The minimum absolute atomic E-state index is 0.777. The van der Waals surface area contributed by atoms with Gasteiger partial charge >= 0.3 is 0 Å². The van der Waals surface area contributed by atoms with E-state index in [1.54, 1.807) is 0 Å². The number of nitrogens with one attached hydrogen (secondary N) is 1. The Labute approximate surface area is 114 Å². The first-order chi connectivity index (χ1) is 9.02. The third-order valence-corrected chi connectivity index (χ3v) is 3.24. The molecule has 0 spiro atoms. The van der Waals surface area contributed by atoms with E-state index in [9.17, 15) is 0 Å². The maximum Gasteiger partial charge on any atom is 0.157 e. The molecule has 19 heavy (non-hydrogen) atoms. The fraction of sp³-hybridized carbons (Fsp3) is 0.500. The van der Waals surface area contributed by atoms with Gasteiger partial charge in [-0.1, -0.05) is 0 Å². The van der Waals surface area contributed by atoms with Gasteiger partial charge in [-0.3, -0.25) is 0 Å². The van der Waals surface area contributed by atoms with E-state index in [2.05, 4.69) is 34.2 Å². The fourth-order valence-corrected chi connectivity index (χ4v) is 2.32. The Morgan fingerprint density at radius 1 is 1.16 bits per heavy atom. The summed E-state index contributed by atoms with van der Waals surface area (Å²) in [7, 11) is 1.96. The maximum atomic E-state index is 4.61. The minimum atomic E-state index is 0.777. The zero-order valence-corrected chi connectivity index (χ0v) is 12.3. The molecule has 0 unspecified atom stereocenters. The quantitative estimate of drug-likeness (QED) is 0.907. The van der Waals surface area contributed by atoms with Gasteiger partial charge in [0.25, 0.3) is 0 Å². The summed E-state index contributed by atoms with van der Waals surface area (Å²) in [5.74, 6) is 1.63. The Morgan fingerprint density at radius 3 is 2.53 bits per heavy atom. The van der Waals surface area contributed by atoms with Crippen molar-refractivity contribution in [3.63, 3.8) is 0 Å². The summed E-state index contributed by atoms with van der Waals surface area (Å²) in [6.45, 7) is 8.98. The van der Waals surface area contributed by atoms with Crippen LogP contribution in [0, 0.1) is 27.7 Å². The molecule has 2 heterocycles. The molecule has 0 atom stereocenters. The molecule has 0 radical (unpaired) electrons. The zero-order chi connectivity index (χ0) is 14.0. The second-order valence-corrected chi connectivity index (χ2v) is 4.83. The highest BCUT2D eigenvalue weighted by atomic mass is 15.3. The largest absolute Gasteiger partial charge is 0.319 e. The van der Waals surface area contributed by atoms with E-state index in [0.29, 0.717) is 0 Å². The first-order valence-electron chi connectivity index (χ1n) is 6.55. The van der Waals surface area contributed by atoms with Crippen LogP contribution in [0.15, 0.2) is 6.07 Å². The molecule has 0 saturated carbocycles. The average molecular weight is 259 g/mol. The molecule has 0 bridgehead atoms. The second-order valence-electron chi connectivity index (χ2n) is 4.83. The van der Waals surface area contributed by atoms with Gasteiger partial charge in [0.1, 0.15) is 5.82 Å². The molecule has 2 aromatic heterocycles. The molecule has 0 aromatic carbocycles. The molecule has 2 aromatic rings. The van der Waals surface area contributed by atoms with Gasteiger partial charge < -0.3 is 5.32 Å². The fourth-order valence-electron chi connectivity index (χ4n) is 2.32. The van der Waals surface area contributed by atoms with Crippen LogP contribution in [0.4, 0.5) is 0 Å². The van der Waals surface area contributed by atoms with Crippen molar-refractivity contribution in [3.8, 4) is 5.82 Å². The lowest BCUT2D eigenvalue weighted by Gasteiger charge is -2.06. The summed E-state index contributed by atoms with van der Waals surface area (Å²) in [5, 5.41) is 7.79. The van der Waals surface area contributed by atoms with E-state index in [1.807, 2.05) is 31.6 Å². The molecule has 0 amide bonds. The number of hydrogen-bond acceptors (Lipinski definition) is 4. The Morgan fingerprint density at radius 2 is 1.89 bits per heavy atom. The SMILES string of the molecule is CNCCc1c(C)nn(-c2cc(C)nc(C)n2)c1C. The van der Waals surface area contributed by atoms with Crippen LogP contribution in [0.1, 0.15) is 28.5 Å². The topological polar surface area (TPSA) is 55.6 Å². The van der Waals surface area contributed by atoms with Crippen molar-refractivity contribution in [2.24, 2.45) is 0 Å². The summed E-state index contributed by atoms with van der Waals surface area (Å²) in [5.41, 5.74) is 4.49. The molecular formula is C14H21N5. The van der Waals surface area contributed by atoms with Crippen molar-refractivity contribution in [1.82, 2.24) is 25.1 Å². The summed E-state index contributed by atoms with van der Waals surface area (Å²) < 4.78 is 1.92. The van der Waals surface area contributed by atoms with Gasteiger partial charge in [0, 0.05) is 17.5 Å². The molecule has 0 aliphatic carbocycles. The standard InChI is InChI=1S/C14H21N5/c1-9-8-14(17-12(4)16-9)19-11(3)13(6-7-15-5)10(2)18-19/h8,15H,6-7H2,1-5H3. The average Bonchev–Trinajstić information content (AvgIpc) is 2.61. The molecule has 0 aliphatic heterocycles. The van der Waals surface area contributed by atoms with Crippen LogP contribution in [0.25, 0.3) is 5.82 Å². The Kier molecular flexibility index (Phi) is 3.95. The third kappa shape index (κ3) is 2.81. The van der Waals surface area contributed by atoms with Crippen LogP contribution < -0.4 is 5.32 Å². The highest BCUT2D eigenvalue weighted by Crippen LogP contribution is 2.17. The zero-order valence-electron chi connectivity index (χ0n) is 12.3. The van der Waals surface area contributed by atoms with Crippen molar-refractivity contribution >= 4 is 0 Å². The van der Waals surface area contributed by atoms with Crippen LogP contribution in [-0.4, -0.2) is 33.3 Å². The van der Waals surface area contributed by atoms with Gasteiger partial charge in [0.2, 0.25) is 0 Å². The molecule has 5 heteroatoms. The Balaban J connectivity index is 2.45. The van der Waals surface area contributed by atoms with Crippen molar-refractivity contribution in [1.29, 1.82) is 0 Å². The number of aromatic nitrogens is 4. The predicted molar refractivity (Wildman–Crippen MR) is 75.7 cm³/mol. The number of hydrogen-bond donors (Lipinski definition) is 1. The second kappa shape index (κ2) is 5.48. The van der Waals surface area contributed by atoms with E-state index in [-0.39, 0.29) is 0 Å². The van der Waals surface area contributed by atoms with E-state index in [0.717, 1.165) is 41.7 Å². The summed E-state index contributed by atoms with van der Waals surface area (Å²) >= 11 is 0. The normalized spacial score (nSPS) is 11.0. The lowest BCUT2D eigenvalue weighted by atomic mass is 10.1. The predicted octanol–water partition coefficient (Wildman–Crippen LogP) is 1.66. The van der Waals surface area contributed by atoms with Crippen LogP contribution in [0.5, 0.6) is 0 Å². The monoisotopic (exact) mass is 259 g/mol. The Bertz CT molecular complexity index is 566. The van der Waals surface area contributed by atoms with Crippen LogP contribution >= 0.6 is 0 Å². The molecule has 5 nitrogen and oxygen atoms in total. The molecule has 2 rings (SSSR count). The van der Waals surface area contributed by atoms with Crippen LogP contribution in [-0.2, 0) is 6.42 Å². The first kappa shape index (κ1) is 13.7. The molecule has 102 valence electrons. The number of aryl methyl sites for hydroxylation is 3. The first-order valence-corrected chi connectivity index (χ1v) is 6.55. The number of nitrogens with zero attached hydrogens (tertiary/aromatic N) is 4. The van der Waals surface area contributed by atoms with E-state index in [4.69, 9.17) is 0 Å². The van der Waals surface area contributed by atoms with Crippen molar-refractivity contribution < 1.29 is 0 Å². The van der Waals surface area contributed by atoms with E-state index in [1.165, 1.54) is 5.56 Å². The summed E-state index contributed by atoms with van der Waals surface area (Å²) in [4.78, 5) is 8.78. The molecule has 0 fully saturated rings. The smallest absolute Gasteiger partial charge is 0.157 e. The van der Waals surface area contributed by atoms with Gasteiger partial charge in [0.05, 0.1) is 5.69 Å². The molecule has 0 saturated heterocycles. The van der Waals surface area contributed by atoms with Crippen LogP contribution in [0.3, 0.4) is 0 Å². The highest BCUT2D eigenvalue weighted by molar-refractivity contribution is 5.33. The van der Waals surface area contributed by atoms with Gasteiger partial charge in [-0.05, 0) is 53.3 Å². The van der Waals surface area contributed by atoms with Crippen LogP contribution in [0.2, 0.25) is 0 Å². The van der Waals surface area contributed by atoms with Crippen molar-refractivity contribution in [2.75, 3.05) is 13.6 Å². The van der Waals surface area contributed by atoms with E-state index >= 15 is 0 Å². The lowest BCUT2D eigenvalue weighted by molar-refractivity contribution is 0.776. The number of likely N-dealkylation sites (N-methyl/N-ethyl adjacent to an activating group) is 1. The molecule has 1 N–H and O–H groups in total. The maximum absolute atomic E-state index is 4.61. The number of rotatable bonds is 4. The van der Waals surface area contributed by atoms with Gasteiger partial charge in [-0.25, -0.2) is 14.6 Å². The lowest BCUT2D eigenvalue weighted by Crippen LogP contribution is -2.11. The van der Waals surface area contributed by atoms with E-state index < -0.39 is 0 Å². The summed E-state index contributed by atoms with van der Waals surface area (Å²) in [6.07, 6.45) is 0.983. The molecule has 0 aliphatic rings.